The zero-order valence-corrected chi connectivity index (χ0v) is 13.2. The second kappa shape index (κ2) is 6.55. The maximum absolute atomic E-state index is 12.1. The summed E-state index contributed by atoms with van der Waals surface area (Å²) < 4.78 is 9.44. The van der Waals surface area contributed by atoms with Crippen LogP contribution >= 0.6 is 11.8 Å². The molecule has 2 heterocycles. The van der Waals surface area contributed by atoms with E-state index in [9.17, 15) is 19.2 Å². The van der Waals surface area contributed by atoms with Gasteiger partial charge in [-0.05, 0) is 20.3 Å². The summed E-state index contributed by atoms with van der Waals surface area (Å²) in [7, 11) is 0. The average Bonchev–Trinajstić information content (AvgIpc) is 2.94. The van der Waals surface area contributed by atoms with Gasteiger partial charge in [0.05, 0.1) is 11.5 Å². The largest absolute Gasteiger partial charge is 0.454 e. The van der Waals surface area contributed by atoms with Crippen LogP contribution in [0.4, 0.5) is 4.79 Å². The average molecular weight is 330 g/mol. The maximum Gasteiger partial charge on any atom is 0.413 e. The first-order valence-corrected chi connectivity index (χ1v) is 7.95. The van der Waals surface area contributed by atoms with E-state index in [4.69, 9.17) is 4.74 Å². The van der Waals surface area contributed by atoms with E-state index in [0.29, 0.717) is 18.6 Å². The Morgan fingerprint density at radius 1 is 1.41 bits per heavy atom. The zero-order valence-electron chi connectivity index (χ0n) is 12.4. The van der Waals surface area contributed by atoms with Gasteiger partial charge in [0.25, 0.3) is 5.91 Å². The molecular formula is C13H18N2O6S. The predicted octanol–water partition coefficient (Wildman–Crippen LogP) is 0.256. The SMILES string of the molecule is CCOC(=O)NC(=O)COC(=O)[C@H]1CS[C@@]2(C)CCC(=O)N12. The first-order chi connectivity index (χ1) is 10.4. The van der Waals surface area contributed by atoms with Crippen molar-refractivity contribution in [2.45, 2.75) is 37.6 Å². The number of amides is 3. The summed E-state index contributed by atoms with van der Waals surface area (Å²) in [6, 6.07) is -0.680. The molecule has 0 aromatic heterocycles. The third-order valence-electron chi connectivity index (χ3n) is 3.58. The van der Waals surface area contributed by atoms with Gasteiger partial charge in [0, 0.05) is 12.2 Å². The van der Waals surface area contributed by atoms with E-state index >= 15 is 0 Å². The molecule has 122 valence electrons. The zero-order chi connectivity index (χ0) is 16.3. The lowest BCUT2D eigenvalue weighted by Gasteiger charge is -2.29. The van der Waals surface area contributed by atoms with Crippen molar-refractivity contribution in [2.75, 3.05) is 19.0 Å². The van der Waals surface area contributed by atoms with Crippen molar-refractivity contribution < 1.29 is 28.7 Å². The van der Waals surface area contributed by atoms with Crippen LogP contribution in [0.15, 0.2) is 0 Å². The number of fused-ring (bicyclic) bond motifs is 1. The van der Waals surface area contributed by atoms with Gasteiger partial charge in [-0.15, -0.1) is 11.8 Å². The molecule has 0 aromatic carbocycles. The minimum Gasteiger partial charge on any atom is -0.454 e. The van der Waals surface area contributed by atoms with E-state index in [1.54, 1.807) is 11.8 Å². The van der Waals surface area contributed by atoms with Crippen LogP contribution < -0.4 is 5.32 Å². The number of ether oxygens (including phenoxy) is 2. The molecule has 0 bridgehead atoms. The van der Waals surface area contributed by atoms with E-state index in [-0.39, 0.29) is 17.4 Å². The van der Waals surface area contributed by atoms with Crippen LogP contribution in [0.2, 0.25) is 0 Å². The molecule has 2 aliphatic rings. The minimum absolute atomic E-state index is 0.0783. The second-order valence-electron chi connectivity index (χ2n) is 5.14. The van der Waals surface area contributed by atoms with Crippen LogP contribution in [0, 0.1) is 0 Å². The highest BCUT2D eigenvalue weighted by Gasteiger charge is 2.53. The topological polar surface area (TPSA) is 102 Å². The van der Waals surface area contributed by atoms with E-state index in [2.05, 4.69) is 4.74 Å². The van der Waals surface area contributed by atoms with Gasteiger partial charge >= 0.3 is 12.1 Å². The Morgan fingerprint density at radius 2 is 2.14 bits per heavy atom. The number of carbonyl (C=O) groups is 4. The van der Waals surface area contributed by atoms with E-state index in [1.165, 1.54) is 11.8 Å². The Labute approximate surface area is 131 Å². The van der Waals surface area contributed by atoms with Gasteiger partial charge in [-0.1, -0.05) is 0 Å². The van der Waals surface area contributed by atoms with Crippen molar-refractivity contribution in [3.63, 3.8) is 0 Å². The third-order valence-corrected chi connectivity index (χ3v) is 5.08. The van der Waals surface area contributed by atoms with Gasteiger partial charge in [0.1, 0.15) is 6.04 Å². The van der Waals surface area contributed by atoms with Crippen LogP contribution in [0.3, 0.4) is 0 Å². The fourth-order valence-corrected chi connectivity index (χ4v) is 3.96. The highest BCUT2D eigenvalue weighted by atomic mass is 32.2. The van der Waals surface area contributed by atoms with Gasteiger partial charge in [0.2, 0.25) is 5.91 Å². The molecular weight excluding hydrogens is 312 g/mol. The Kier molecular flexibility index (Phi) is 4.94. The summed E-state index contributed by atoms with van der Waals surface area (Å²) in [6.07, 6.45) is 0.225. The third kappa shape index (κ3) is 3.34. The molecule has 2 saturated heterocycles. The number of thioether (sulfide) groups is 1. The summed E-state index contributed by atoms with van der Waals surface area (Å²) in [5.41, 5.74) is 0. The van der Waals surface area contributed by atoms with Crippen LogP contribution in [0.1, 0.15) is 26.7 Å². The summed E-state index contributed by atoms with van der Waals surface area (Å²) in [6.45, 7) is 3.07. The fraction of sp³-hybridized carbons (Fsp3) is 0.692. The van der Waals surface area contributed by atoms with Crippen molar-refractivity contribution in [3.8, 4) is 0 Å². The van der Waals surface area contributed by atoms with E-state index in [1.807, 2.05) is 12.2 Å². The number of hydrogen-bond donors (Lipinski definition) is 1. The van der Waals surface area contributed by atoms with Gasteiger partial charge in [-0.25, -0.2) is 9.59 Å². The number of alkyl carbamates (subject to hydrolysis) is 1. The fourth-order valence-electron chi connectivity index (χ4n) is 2.55. The second-order valence-corrected chi connectivity index (χ2v) is 6.64. The first-order valence-electron chi connectivity index (χ1n) is 6.96. The van der Waals surface area contributed by atoms with Crippen molar-refractivity contribution >= 4 is 35.6 Å². The molecule has 2 fully saturated rings. The van der Waals surface area contributed by atoms with Crippen LogP contribution in [0.5, 0.6) is 0 Å². The molecule has 2 aliphatic heterocycles. The molecule has 0 unspecified atom stereocenters. The molecule has 3 amide bonds. The number of esters is 1. The van der Waals surface area contributed by atoms with Crippen LogP contribution in [-0.4, -0.2) is 58.7 Å². The summed E-state index contributed by atoms with van der Waals surface area (Å²) in [5.74, 6) is -1.04. The minimum atomic E-state index is -0.887. The number of imide groups is 1. The summed E-state index contributed by atoms with van der Waals surface area (Å²) in [4.78, 5) is 47.6. The normalized spacial score (nSPS) is 26.5. The monoisotopic (exact) mass is 330 g/mol. The molecule has 22 heavy (non-hydrogen) atoms. The summed E-state index contributed by atoms with van der Waals surface area (Å²) >= 11 is 1.54. The number of rotatable bonds is 4. The quantitative estimate of drug-likeness (QED) is 0.737. The number of hydrogen-bond acceptors (Lipinski definition) is 7. The highest BCUT2D eigenvalue weighted by molar-refractivity contribution is 8.01. The summed E-state index contributed by atoms with van der Waals surface area (Å²) in [5, 5.41) is 1.93. The smallest absolute Gasteiger partial charge is 0.413 e. The molecule has 0 aromatic rings. The molecule has 0 spiro atoms. The van der Waals surface area contributed by atoms with E-state index < -0.39 is 30.6 Å². The molecule has 0 saturated carbocycles. The Hall–Kier alpha value is -1.77. The molecule has 2 rings (SSSR count). The lowest BCUT2D eigenvalue weighted by atomic mass is 10.2. The lowest BCUT2D eigenvalue weighted by Crippen LogP contribution is -2.47. The molecule has 8 nitrogen and oxygen atoms in total. The van der Waals surface area contributed by atoms with Crippen molar-refractivity contribution in [2.24, 2.45) is 0 Å². The molecule has 9 heteroatoms. The number of nitrogens with one attached hydrogen (secondary N) is 1. The van der Waals surface area contributed by atoms with Crippen LogP contribution in [-0.2, 0) is 23.9 Å². The van der Waals surface area contributed by atoms with Gasteiger partial charge in [-0.2, -0.15) is 0 Å². The van der Waals surface area contributed by atoms with Crippen LogP contribution in [0.25, 0.3) is 0 Å². The molecule has 0 aliphatic carbocycles. The highest BCUT2D eigenvalue weighted by Crippen LogP contribution is 2.47. The Bertz CT molecular complexity index is 511. The van der Waals surface area contributed by atoms with E-state index in [0.717, 1.165) is 0 Å². The first kappa shape index (κ1) is 16.6. The number of nitrogens with zero attached hydrogens (tertiary/aromatic N) is 1. The lowest BCUT2D eigenvalue weighted by molar-refractivity contribution is -0.156. The molecule has 0 radical (unpaired) electrons. The molecule has 1 N–H and O–H groups in total. The molecule has 2 atom stereocenters. The van der Waals surface area contributed by atoms with Gasteiger partial charge < -0.3 is 14.4 Å². The Balaban J connectivity index is 1.84. The predicted molar refractivity (Wildman–Crippen MR) is 76.9 cm³/mol. The van der Waals surface area contributed by atoms with Crippen molar-refractivity contribution in [1.82, 2.24) is 10.2 Å². The maximum atomic E-state index is 12.1. The van der Waals surface area contributed by atoms with Gasteiger partial charge in [0.15, 0.2) is 6.61 Å². The number of carbonyl (C=O) groups excluding carboxylic acids is 4. The van der Waals surface area contributed by atoms with Crippen molar-refractivity contribution in [1.29, 1.82) is 0 Å². The van der Waals surface area contributed by atoms with Crippen molar-refractivity contribution in [3.05, 3.63) is 0 Å². The van der Waals surface area contributed by atoms with Gasteiger partial charge in [-0.3, -0.25) is 14.9 Å². The Morgan fingerprint density at radius 3 is 2.82 bits per heavy atom. The standard InChI is InChI=1S/C13H18N2O6S/c1-3-20-12(19)14-9(16)6-21-11(18)8-7-22-13(2)5-4-10(17)15(8)13/h8H,3-7H2,1-2H3,(H,14,16,19)/t8-,13+/m1/s1.